The lowest BCUT2D eigenvalue weighted by Gasteiger charge is -1.85. The largest absolute Gasteiger partial charge is 0.478 e. The lowest BCUT2D eigenvalue weighted by atomic mass is 10.2. The van der Waals surface area contributed by atoms with E-state index in [1.54, 1.807) is 0 Å². The van der Waals surface area contributed by atoms with Gasteiger partial charge in [0, 0.05) is 12.5 Å². The molecule has 0 aliphatic carbocycles. The second-order valence-electron chi connectivity index (χ2n) is 1.89. The summed E-state index contributed by atoms with van der Waals surface area (Å²) in [7, 11) is 0. The van der Waals surface area contributed by atoms with Gasteiger partial charge in [0.1, 0.15) is 0 Å². The molecule has 3 nitrogen and oxygen atoms in total. The molecule has 0 heterocycles. The zero-order valence-corrected chi connectivity index (χ0v) is 5.83. The van der Waals surface area contributed by atoms with E-state index in [9.17, 15) is 9.59 Å². The van der Waals surface area contributed by atoms with Gasteiger partial charge in [-0.25, -0.2) is 4.79 Å². The van der Waals surface area contributed by atoms with Crippen molar-refractivity contribution in [2.24, 2.45) is 0 Å². The minimum absolute atomic E-state index is 0. The number of hydrogen-bond donors (Lipinski definition) is 1. The summed E-state index contributed by atoms with van der Waals surface area (Å²) in [5.74, 6) is -1.21. The molecular formula is C8H14O3. The fraction of sp³-hybridized carbons (Fsp3) is 0.500. The zero-order chi connectivity index (χ0) is 7.98. The Morgan fingerprint density at radius 2 is 1.91 bits per heavy atom. The predicted molar refractivity (Wildman–Crippen MR) is 43.4 cm³/mol. The van der Waals surface area contributed by atoms with Crippen molar-refractivity contribution >= 4 is 11.8 Å². The molecule has 1 N–H and O–H groups in total. The van der Waals surface area contributed by atoms with Crippen molar-refractivity contribution in [1.29, 1.82) is 0 Å². The SMILES string of the molecule is C.CCCC(=O)/C=C/C(=O)O. The van der Waals surface area contributed by atoms with Crippen molar-refractivity contribution in [2.75, 3.05) is 0 Å². The Morgan fingerprint density at radius 1 is 1.36 bits per heavy atom. The first-order chi connectivity index (χ1) is 4.66. The lowest BCUT2D eigenvalue weighted by Crippen LogP contribution is -1.93. The summed E-state index contributed by atoms with van der Waals surface area (Å²) in [5.41, 5.74) is 0. The molecule has 0 aliphatic rings. The molecule has 0 aliphatic heterocycles. The van der Waals surface area contributed by atoms with E-state index in [0.29, 0.717) is 6.42 Å². The van der Waals surface area contributed by atoms with Gasteiger partial charge in [-0.15, -0.1) is 0 Å². The molecular weight excluding hydrogens is 144 g/mol. The van der Waals surface area contributed by atoms with E-state index in [1.807, 2.05) is 6.92 Å². The van der Waals surface area contributed by atoms with Crippen molar-refractivity contribution in [2.45, 2.75) is 27.2 Å². The maximum Gasteiger partial charge on any atom is 0.328 e. The van der Waals surface area contributed by atoms with Crippen LogP contribution in [0, 0.1) is 0 Å². The van der Waals surface area contributed by atoms with E-state index in [0.717, 1.165) is 18.6 Å². The van der Waals surface area contributed by atoms with Gasteiger partial charge in [0.2, 0.25) is 0 Å². The van der Waals surface area contributed by atoms with Crippen LogP contribution in [-0.2, 0) is 9.59 Å². The van der Waals surface area contributed by atoms with E-state index < -0.39 is 5.97 Å². The van der Waals surface area contributed by atoms with Crippen molar-refractivity contribution in [1.82, 2.24) is 0 Å². The summed E-state index contributed by atoms with van der Waals surface area (Å²) in [4.78, 5) is 20.5. The first kappa shape index (κ1) is 12.5. The summed E-state index contributed by atoms with van der Waals surface area (Å²) in [5, 5.41) is 8.09. The number of ketones is 1. The van der Waals surface area contributed by atoms with Crippen LogP contribution >= 0.6 is 0 Å². The second-order valence-corrected chi connectivity index (χ2v) is 1.89. The third-order valence-electron chi connectivity index (χ3n) is 0.908. The minimum Gasteiger partial charge on any atom is -0.478 e. The molecule has 0 aromatic rings. The number of carbonyl (C=O) groups is 2. The molecule has 11 heavy (non-hydrogen) atoms. The fourth-order valence-corrected chi connectivity index (χ4v) is 0.494. The molecule has 0 saturated heterocycles. The van der Waals surface area contributed by atoms with Crippen LogP contribution < -0.4 is 0 Å². The minimum atomic E-state index is -1.08. The third kappa shape index (κ3) is 8.88. The highest BCUT2D eigenvalue weighted by molar-refractivity contribution is 5.95. The average Bonchev–Trinajstić information content (AvgIpc) is 1.85. The van der Waals surface area contributed by atoms with Crippen LogP contribution in [0.5, 0.6) is 0 Å². The van der Waals surface area contributed by atoms with Gasteiger partial charge in [-0.1, -0.05) is 14.4 Å². The van der Waals surface area contributed by atoms with E-state index in [1.165, 1.54) is 0 Å². The standard InChI is InChI=1S/C7H10O3.CH4/c1-2-3-6(8)4-5-7(9)10;/h4-5H,2-3H2,1H3,(H,9,10);1H4/b5-4+;. The molecule has 0 unspecified atom stereocenters. The second kappa shape index (κ2) is 6.99. The fourth-order valence-electron chi connectivity index (χ4n) is 0.494. The van der Waals surface area contributed by atoms with Gasteiger partial charge in [0.25, 0.3) is 0 Å². The van der Waals surface area contributed by atoms with Crippen LogP contribution in [0.1, 0.15) is 27.2 Å². The summed E-state index contributed by atoms with van der Waals surface area (Å²) in [6, 6.07) is 0. The van der Waals surface area contributed by atoms with Crippen LogP contribution in [0.25, 0.3) is 0 Å². The molecule has 0 rings (SSSR count). The first-order valence-corrected chi connectivity index (χ1v) is 3.10. The molecule has 0 aromatic carbocycles. The lowest BCUT2D eigenvalue weighted by molar-refractivity contribution is -0.131. The normalized spacial score (nSPS) is 9.18. The number of carboxylic acids is 1. The van der Waals surface area contributed by atoms with Gasteiger partial charge in [-0.3, -0.25) is 4.79 Å². The highest BCUT2D eigenvalue weighted by atomic mass is 16.4. The molecule has 0 atom stereocenters. The molecule has 0 radical (unpaired) electrons. The Morgan fingerprint density at radius 3 is 2.27 bits per heavy atom. The average molecular weight is 158 g/mol. The summed E-state index contributed by atoms with van der Waals surface area (Å²) in [6.07, 6.45) is 3.12. The number of hydrogen-bond acceptors (Lipinski definition) is 2. The van der Waals surface area contributed by atoms with E-state index in [4.69, 9.17) is 5.11 Å². The van der Waals surface area contributed by atoms with Crippen LogP contribution in [0.2, 0.25) is 0 Å². The Hall–Kier alpha value is -1.12. The first-order valence-electron chi connectivity index (χ1n) is 3.10. The summed E-state index contributed by atoms with van der Waals surface area (Å²) < 4.78 is 0. The van der Waals surface area contributed by atoms with Crippen LogP contribution in [0.4, 0.5) is 0 Å². The van der Waals surface area contributed by atoms with Crippen molar-refractivity contribution in [3.8, 4) is 0 Å². The highest BCUT2D eigenvalue weighted by Crippen LogP contribution is 1.89. The summed E-state index contributed by atoms with van der Waals surface area (Å²) >= 11 is 0. The Balaban J connectivity index is 0. The molecule has 0 saturated carbocycles. The molecule has 0 amide bonds. The van der Waals surface area contributed by atoms with Gasteiger partial charge in [-0.2, -0.15) is 0 Å². The van der Waals surface area contributed by atoms with Crippen molar-refractivity contribution in [3.05, 3.63) is 12.2 Å². The number of allylic oxidation sites excluding steroid dienone is 1. The van der Waals surface area contributed by atoms with Crippen molar-refractivity contribution < 1.29 is 14.7 Å². The molecule has 0 fully saturated rings. The smallest absolute Gasteiger partial charge is 0.328 e. The number of carboxylic acid groups (broad SMARTS) is 1. The summed E-state index contributed by atoms with van der Waals surface area (Å²) in [6.45, 7) is 1.87. The van der Waals surface area contributed by atoms with Gasteiger partial charge in [0.05, 0.1) is 0 Å². The topological polar surface area (TPSA) is 54.4 Å². The predicted octanol–water partition coefficient (Wildman–Crippen LogP) is 1.63. The monoisotopic (exact) mass is 158 g/mol. The van der Waals surface area contributed by atoms with Gasteiger partial charge >= 0.3 is 5.97 Å². The molecule has 0 spiro atoms. The van der Waals surface area contributed by atoms with Crippen LogP contribution in [0.3, 0.4) is 0 Å². The van der Waals surface area contributed by atoms with E-state index >= 15 is 0 Å². The zero-order valence-electron chi connectivity index (χ0n) is 5.83. The van der Waals surface area contributed by atoms with Crippen LogP contribution in [0.15, 0.2) is 12.2 Å². The Labute approximate surface area is 66.7 Å². The van der Waals surface area contributed by atoms with E-state index in [-0.39, 0.29) is 13.2 Å². The van der Waals surface area contributed by atoms with Gasteiger partial charge in [-0.05, 0) is 12.5 Å². The maximum atomic E-state index is 10.6. The third-order valence-corrected chi connectivity index (χ3v) is 0.908. The number of carbonyl (C=O) groups excluding carboxylic acids is 1. The Bertz CT molecular complexity index is 159. The highest BCUT2D eigenvalue weighted by Gasteiger charge is 1.93. The van der Waals surface area contributed by atoms with Gasteiger partial charge < -0.3 is 5.11 Å². The van der Waals surface area contributed by atoms with Crippen molar-refractivity contribution in [3.63, 3.8) is 0 Å². The molecule has 0 bridgehead atoms. The Kier molecular flexibility index (Phi) is 7.98. The maximum absolute atomic E-state index is 10.6. The quantitative estimate of drug-likeness (QED) is 0.632. The van der Waals surface area contributed by atoms with E-state index in [2.05, 4.69) is 0 Å². The van der Waals surface area contributed by atoms with Crippen LogP contribution in [-0.4, -0.2) is 16.9 Å². The van der Waals surface area contributed by atoms with Gasteiger partial charge in [0.15, 0.2) is 5.78 Å². The molecule has 64 valence electrons. The number of aliphatic carboxylic acids is 1. The molecule has 3 heteroatoms. The number of rotatable bonds is 4. The molecule has 0 aromatic heterocycles.